The normalized spacial score (nSPS) is 29.4. The van der Waals surface area contributed by atoms with Crippen molar-refractivity contribution < 1.29 is 14.7 Å². The fourth-order valence-electron chi connectivity index (χ4n) is 4.98. The molecule has 2 heterocycles. The van der Waals surface area contributed by atoms with Gasteiger partial charge in [-0.2, -0.15) is 0 Å². The lowest BCUT2D eigenvalue weighted by atomic mass is 9.73. The molecule has 2 fully saturated rings. The van der Waals surface area contributed by atoms with E-state index in [1.54, 1.807) is 4.90 Å². The molecule has 1 aromatic carbocycles. The maximum atomic E-state index is 13.0. The molecule has 2 amide bonds. The van der Waals surface area contributed by atoms with E-state index in [0.717, 1.165) is 11.3 Å². The summed E-state index contributed by atoms with van der Waals surface area (Å²) >= 11 is 0. The average molecular weight is 394 g/mol. The molecule has 1 saturated heterocycles. The Bertz CT molecular complexity index is 733. The number of halogens is 1. The molecule has 4 rings (SSSR count). The largest absolute Gasteiger partial charge is 0.392 e. The van der Waals surface area contributed by atoms with Crippen molar-refractivity contribution in [2.24, 2.45) is 11.7 Å². The predicted octanol–water partition coefficient (Wildman–Crippen LogP) is 1.43. The number of carbonyl (C=O) groups is 2. The summed E-state index contributed by atoms with van der Waals surface area (Å²) in [6, 6.07) is 7.68. The highest BCUT2D eigenvalue weighted by Crippen LogP contribution is 2.47. The quantitative estimate of drug-likeness (QED) is 0.755. The Morgan fingerprint density at radius 1 is 1.22 bits per heavy atom. The Labute approximate surface area is 166 Å². The standard InChI is InChI=1S/C20H27N3O3.ClH/c1-22-16-5-3-2-4-14(16)20(19(22)26)8-10-23(11-9-20)18(25)13-6-7-17(24)15(21)12-13;/h2-5,13,15,17,24H,6-12,21H2,1H3;1H/t13-,15+,17+;/m0./s1. The van der Waals surface area contributed by atoms with Crippen LogP contribution in [0.5, 0.6) is 0 Å². The minimum atomic E-state index is -0.494. The Kier molecular flexibility index (Phi) is 5.52. The molecule has 3 aliphatic rings. The van der Waals surface area contributed by atoms with E-state index in [1.165, 1.54) is 0 Å². The van der Waals surface area contributed by atoms with Gasteiger partial charge in [-0.25, -0.2) is 0 Å². The van der Waals surface area contributed by atoms with E-state index < -0.39 is 11.5 Å². The number of fused-ring (bicyclic) bond motifs is 2. The maximum absolute atomic E-state index is 13.0. The number of rotatable bonds is 1. The smallest absolute Gasteiger partial charge is 0.237 e. The zero-order valence-electron chi connectivity index (χ0n) is 15.6. The molecule has 0 unspecified atom stereocenters. The van der Waals surface area contributed by atoms with Crippen LogP contribution in [0.1, 0.15) is 37.7 Å². The Morgan fingerprint density at radius 2 is 1.89 bits per heavy atom. The number of hydrogen-bond acceptors (Lipinski definition) is 4. The average Bonchev–Trinajstić information content (AvgIpc) is 2.87. The number of likely N-dealkylation sites (tertiary alicyclic amines) is 1. The van der Waals surface area contributed by atoms with Gasteiger partial charge in [0.1, 0.15) is 0 Å². The Hall–Kier alpha value is -1.63. The van der Waals surface area contributed by atoms with Gasteiger partial charge in [0.25, 0.3) is 0 Å². The molecule has 1 aromatic rings. The highest BCUT2D eigenvalue weighted by molar-refractivity contribution is 6.07. The number of hydrogen-bond donors (Lipinski definition) is 2. The van der Waals surface area contributed by atoms with Crippen LogP contribution in [-0.2, 0) is 15.0 Å². The number of piperidine rings is 1. The van der Waals surface area contributed by atoms with Gasteiger partial charge in [-0.1, -0.05) is 18.2 Å². The second kappa shape index (κ2) is 7.41. The summed E-state index contributed by atoms with van der Waals surface area (Å²) < 4.78 is 0. The van der Waals surface area contributed by atoms with E-state index in [9.17, 15) is 14.7 Å². The van der Waals surface area contributed by atoms with Crippen LogP contribution in [0.3, 0.4) is 0 Å². The molecule has 0 aromatic heterocycles. The summed E-state index contributed by atoms with van der Waals surface area (Å²) in [6.07, 6.45) is 2.67. The van der Waals surface area contributed by atoms with Crippen LogP contribution < -0.4 is 10.6 Å². The predicted molar refractivity (Wildman–Crippen MR) is 106 cm³/mol. The first-order valence-corrected chi connectivity index (χ1v) is 9.54. The molecular formula is C20H28ClN3O3. The third-order valence-corrected chi connectivity index (χ3v) is 6.63. The number of aliphatic hydroxyl groups excluding tert-OH is 1. The summed E-state index contributed by atoms with van der Waals surface area (Å²) in [6.45, 7) is 1.20. The number of amides is 2. The number of para-hydroxylation sites is 1. The van der Waals surface area contributed by atoms with E-state index in [4.69, 9.17) is 5.73 Å². The molecule has 27 heavy (non-hydrogen) atoms. The highest BCUT2D eigenvalue weighted by Gasteiger charge is 2.51. The van der Waals surface area contributed by atoms with Gasteiger partial charge < -0.3 is 20.6 Å². The molecule has 0 bridgehead atoms. The minimum absolute atomic E-state index is 0. The van der Waals surface area contributed by atoms with Crippen molar-refractivity contribution in [2.75, 3.05) is 25.0 Å². The van der Waals surface area contributed by atoms with Crippen molar-refractivity contribution in [3.63, 3.8) is 0 Å². The van der Waals surface area contributed by atoms with E-state index >= 15 is 0 Å². The monoisotopic (exact) mass is 393 g/mol. The molecule has 0 radical (unpaired) electrons. The van der Waals surface area contributed by atoms with Gasteiger partial charge in [0.2, 0.25) is 11.8 Å². The van der Waals surface area contributed by atoms with Crippen molar-refractivity contribution in [2.45, 2.75) is 49.7 Å². The number of nitrogens with two attached hydrogens (primary N) is 1. The summed E-state index contributed by atoms with van der Waals surface area (Å²) in [4.78, 5) is 29.5. The van der Waals surface area contributed by atoms with Crippen molar-refractivity contribution in [1.82, 2.24) is 4.90 Å². The molecule has 3 N–H and O–H groups in total. The third kappa shape index (κ3) is 3.13. The summed E-state index contributed by atoms with van der Waals surface area (Å²) in [5.41, 5.74) is 7.55. The molecule has 7 heteroatoms. The topological polar surface area (TPSA) is 86.9 Å². The van der Waals surface area contributed by atoms with Crippen molar-refractivity contribution in [1.29, 1.82) is 0 Å². The molecule has 3 atom stereocenters. The van der Waals surface area contributed by atoms with Crippen molar-refractivity contribution in [3.8, 4) is 0 Å². The van der Waals surface area contributed by atoms with Crippen LogP contribution in [0.2, 0.25) is 0 Å². The number of carbonyl (C=O) groups excluding carboxylic acids is 2. The van der Waals surface area contributed by atoms with E-state index in [1.807, 2.05) is 30.1 Å². The zero-order valence-corrected chi connectivity index (χ0v) is 16.5. The van der Waals surface area contributed by atoms with Gasteiger partial charge >= 0.3 is 0 Å². The number of likely N-dealkylation sites (N-methyl/N-ethyl adjacent to an activating group) is 1. The molecule has 6 nitrogen and oxygen atoms in total. The minimum Gasteiger partial charge on any atom is -0.392 e. The molecule has 148 valence electrons. The first-order chi connectivity index (χ1) is 12.4. The van der Waals surface area contributed by atoms with E-state index in [2.05, 4.69) is 6.07 Å². The van der Waals surface area contributed by atoms with E-state index in [-0.39, 0.29) is 36.2 Å². The van der Waals surface area contributed by atoms with Gasteiger partial charge in [-0.05, 0) is 43.7 Å². The van der Waals surface area contributed by atoms with Crippen LogP contribution in [0, 0.1) is 5.92 Å². The lowest BCUT2D eigenvalue weighted by Crippen LogP contribution is -2.52. The van der Waals surface area contributed by atoms with Crippen LogP contribution in [0.15, 0.2) is 24.3 Å². The lowest BCUT2D eigenvalue weighted by Gasteiger charge is -2.40. The molecule has 1 saturated carbocycles. The zero-order chi connectivity index (χ0) is 18.5. The maximum Gasteiger partial charge on any atom is 0.237 e. The van der Waals surface area contributed by atoms with E-state index in [0.29, 0.717) is 45.2 Å². The number of aliphatic hydroxyl groups is 1. The van der Waals surface area contributed by atoms with Gasteiger partial charge in [-0.15, -0.1) is 12.4 Å². The first-order valence-electron chi connectivity index (χ1n) is 9.54. The van der Waals surface area contributed by atoms with Gasteiger partial charge in [0.05, 0.1) is 11.5 Å². The number of anilines is 1. The van der Waals surface area contributed by atoms with Crippen LogP contribution >= 0.6 is 12.4 Å². The second-order valence-corrected chi connectivity index (χ2v) is 8.03. The van der Waals surface area contributed by atoms with Crippen molar-refractivity contribution >= 4 is 29.9 Å². The van der Waals surface area contributed by atoms with Gasteiger partial charge in [0.15, 0.2) is 0 Å². The van der Waals surface area contributed by atoms with Crippen LogP contribution in [0.4, 0.5) is 5.69 Å². The van der Waals surface area contributed by atoms with Gasteiger partial charge in [-0.3, -0.25) is 9.59 Å². The SMILES string of the molecule is CN1C(=O)C2(CCN(C(=O)[C@H]3CC[C@@H](O)[C@H](N)C3)CC2)c2ccccc21.Cl. The summed E-state index contributed by atoms with van der Waals surface area (Å²) in [5, 5.41) is 9.78. The molecular weight excluding hydrogens is 366 g/mol. The summed E-state index contributed by atoms with van der Waals surface area (Å²) in [7, 11) is 1.84. The fraction of sp³-hybridized carbons (Fsp3) is 0.600. The van der Waals surface area contributed by atoms with Crippen molar-refractivity contribution in [3.05, 3.63) is 29.8 Å². The number of nitrogens with zero attached hydrogens (tertiary/aromatic N) is 2. The number of benzene rings is 1. The lowest BCUT2D eigenvalue weighted by molar-refractivity contribution is -0.141. The molecule has 1 aliphatic carbocycles. The summed E-state index contributed by atoms with van der Waals surface area (Å²) in [5.74, 6) is 0.180. The van der Waals surface area contributed by atoms with Gasteiger partial charge in [0, 0.05) is 37.8 Å². The molecule has 1 spiro atoms. The first kappa shape index (κ1) is 20.1. The van der Waals surface area contributed by atoms with Crippen LogP contribution in [0.25, 0.3) is 0 Å². The fourth-order valence-corrected chi connectivity index (χ4v) is 4.98. The third-order valence-electron chi connectivity index (χ3n) is 6.63. The second-order valence-electron chi connectivity index (χ2n) is 8.03. The Morgan fingerprint density at radius 3 is 2.56 bits per heavy atom. The highest BCUT2D eigenvalue weighted by atomic mass is 35.5. The Balaban J connectivity index is 0.00000210. The molecule has 2 aliphatic heterocycles. The van der Waals surface area contributed by atoms with Crippen LogP contribution in [-0.4, -0.2) is 54.1 Å².